The van der Waals surface area contributed by atoms with E-state index in [1.165, 1.54) is 45.8 Å². The summed E-state index contributed by atoms with van der Waals surface area (Å²) in [6.07, 6.45) is 2.42. The first-order valence-corrected chi connectivity index (χ1v) is 13.3. The fraction of sp³-hybridized carbons (Fsp3) is 0.438. The Balaban J connectivity index is 1.58. The van der Waals surface area contributed by atoms with Crippen molar-refractivity contribution in [2.24, 2.45) is 0 Å². The minimum Gasteiger partial charge on any atom is -0.399 e. The highest BCUT2D eigenvalue weighted by atomic mass is 16.7. The Bertz CT molecular complexity index is 1490. The molecular weight excluding hydrogens is 441 g/mol. The van der Waals surface area contributed by atoms with Crippen LogP contribution in [0.5, 0.6) is 0 Å². The van der Waals surface area contributed by atoms with Gasteiger partial charge in [0.1, 0.15) is 0 Å². The molecule has 36 heavy (non-hydrogen) atoms. The Morgan fingerprint density at radius 3 is 1.92 bits per heavy atom. The highest BCUT2D eigenvalue weighted by Crippen LogP contribution is 2.48. The van der Waals surface area contributed by atoms with Gasteiger partial charge in [0.15, 0.2) is 0 Å². The van der Waals surface area contributed by atoms with Crippen molar-refractivity contribution in [1.29, 1.82) is 0 Å². The number of hydrogen-bond donors (Lipinski definition) is 0. The van der Waals surface area contributed by atoms with Gasteiger partial charge in [0, 0.05) is 16.5 Å². The molecule has 3 nitrogen and oxygen atoms in total. The van der Waals surface area contributed by atoms with Crippen LogP contribution in [0.4, 0.5) is 0 Å². The Morgan fingerprint density at radius 1 is 0.639 bits per heavy atom. The second kappa shape index (κ2) is 7.49. The van der Waals surface area contributed by atoms with E-state index in [-0.39, 0.29) is 29.2 Å². The summed E-state index contributed by atoms with van der Waals surface area (Å²) in [5.74, 6) is 0. The van der Waals surface area contributed by atoms with Crippen LogP contribution in [0.3, 0.4) is 0 Å². The molecule has 1 aliphatic carbocycles. The highest BCUT2D eigenvalue weighted by Gasteiger charge is 2.51. The Labute approximate surface area is 215 Å². The molecule has 0 amide bonds. The van der Waals surface area contributed by atoms with Gasteiger partial charge in [0.2, 0.25) is 0 Å². The molecule has 0 atom stereocenters. The molecule has 1 fully saturated rings. The van der Waals surface area contributed by atoms with E-state index in [0.717, 1.165) is 11.2 Å². The van der Waals surface area contributed by atoms with Gasteiger partial charge in [-0.05, 0) is 98.3 Å². The third-order valence-electron chi connectivity index (χ3n) is 9.30. The van der Waals surface area contributed by atoms with Crippen LogP contribution in [-0.4, -0.2) is 22.9 Å². The number of nitrogens with zero attached hydrogens (tertiary/aromatic N) is 1. The van der Waals surface area contributed by atoms with Gasteiger partial charge < -0.3 is 13.9 Å². The number of aromatic nitrogens is 1. The first-order chi connectivity index (χ1) is 16.8. The van der Waals surface area contributed by atoms with Gasteiger partial charge in [-0.1, -0.05) is 58.0 Å². The first kappa shape index (κ1) is 23.8. The van der Waals surface area contributed by atoms with Crippen molar-refractivity contribution in [2.75, 3.05) is 0 Å². The van der Waals surface area contributed by atoms with Gasteiger partial charge in [0.05, 0.1) is 22.2 Å². The molecule has 1 aromatic heterocycles. The zero-order valence-electron chi connectivity index (χ0n) is 23.0. The third kappa shape index (κ3) is 3.41. The summed E-state index contributed by atoms with van der Waals surface area (Å²) in [6, 6.07) is 22.5. The van der Waals surface area contributed by atoms with Crippen molar-refractivity contribution in [2.45, 2.75) is 90.3 Å². The second-order valence-corrected chi connectivity index (χ2v) is 13.2. The average molecular weight is 479 g/mol. The van der Waals surface area contributed by atoms with Crippen LogP contribution in [0.2, 0.25) is 0 Å². The zero-order valence-corrected chi connectivity index (χ0v) is 23.0. The summed E-state index contributed by atoms with van der Waals surface area (Å²) >= 11 is 0. The van der Waals surface area contributed by atoms with E-state index >= 15 is 0 Å². The fourth-order valence-corrected chi connectivity index (χ4v) is 6.10. The number of hydrogen-bond acceptors (Lipinski definition) is 2. The van der Waals surface area contributed by atoms with Crippen molar-refractivity contribution in [3.05, 3.63) is 71.8 Å². The lowest BCUT2D eigenvalue weighted by Gasteiger charge is -2.42. The first-order valence-electron chi connectivity index (χ1n) is 13.3. The molecule has 0 radical (unpaired) electrons. The molecule has 0 unspecified atom stereocenters. The summed E-state index contributed by atoms with van der Waals surface area (Å²) in [4.78, 5) is 0. The molecule has 3 aromatic carbocycles. The van der Waals surface area contributed by atoms with Crippen molar-refractivity contribution >= 4 is 34.4 Å². The molecule has 0 saturated carbocycles. The fourth-order valence-electron chi connectivity index (χ4n) is 6.10. The van der Waals surface area contributed by atoms with E-state index in [2.05, 4.69) is 121 Å². The van der Waals surface area contributed by atoms with Gasteiger partial charge in [-0.2, -0.15) is 0 Å². The number of para-hydroxylation sites is 1. The van der Waals surface area contributed by atoms with E-state index in [9.17, 15) is 0 Å². The smallest absolute Gasteiger partial charge is 0.399 e. The normalized spacial score (nSPS) is 21.7. The van der Waals surface area contributed by atoms with E-state index in [1.807, 2.05) is 0 Å². The number of fused-ring (bicyclic) bond motifs is 4. The van der Waals surface area contributed by atoms with Crippen LogP contribution in [-0.2, 0) is 20.1 Å². The lowest BCUT2D eigenvalue weighted by molar-refractivity contribution is 0.00578. The third-order valence-corrected chi connectivity index (χ3v) is 9.30. The minimum absolute atomic E-state index is 0.158. The highest BCUT2D eigenvalue weighted by molar-refractivity contribution is 6.62. The molecule has 186 valence electrons. The molecule has 4 heteroatoms. The summed E-state index contributed by atoms with van der Waals surface area (Å²) in [5, 5.41) is 2.63. The molecule has 0 spiro atoms. The maximum Gasteiger partial charge on any atom is 0.494 e. The Morgan fingerprint density at radius 2 is 1.25 bits per heavy atom. The van der Waals surface area contributed by atoms with Crippen molar-refractivity contribution in [3.63, 3.8) is 0 Å². The lowest BCUT2D eigenvalue weighted by atomic mass is 9.63. The van der Waals surface area contributed by atoms with Crippen molar-refractivity contribution < 1.29 is 9.31 Å². The summed E-state index contributed by atoms with van der Waals surface area (Å²) in [5.41, 5.74) is 7.29. The predicted octanol–water partition coefficient (Wildman–Crippen LogP) is 7.43. The van der Waals surface area contributed by atoms with Gasteiger partial charge in [-0.3, -0.25) is 0 Å². The largest absolute Gasteiger partial charge is 0.494 e. The van der Waals surface area contributed by atoms with E-state index in [4.69, 9.17) is 9.31 Å². The predicted molar refractivity (Wildman–Crippen MR) is 152 cm³/mol. The lowest BCUT2D eigenvalue weighted by Crippen LogP contribution is -2.41. The molecule has 2 aliphatic rings. The van der Waals surface area contributed by atoms with Gasteiger partial charge in [-0.15, -0.1) is 0 Å². The van der Waals surface area contributed by atoms with Gasteiger partial charge in [0.25, 0.3) is 0 Å². The van der Waals surface area contributed by atoms with Crippen molar-refractivity contribution in [1.82, 2.24) is 4.57 Å². The number of benzene rings is 3. The molecule has 0 N–H and O–H groups in total. The summed E-state index contributed by atoms with van der Waals surface area (Å²) in [6.45, 7) is 18.0. The average Bonchev–Trinajstić information content (AvgIpc) is 3.26. The van der Waals surface area contributed by atoms with Crippen LogP contribution < -0.4 is 5.46 Å². The summed E-state index contributed by atoms with van der Waals surface area (Å²) < 4.78 is 15.2. The van der Waals surface area contributed by atoms with Crippen LogP contribution in [0.1, 0.15) is 79.4 Å². The monoisotopic (exact) mass is 479 g/mol. The van der Waals surface area contributed by atoms with Gasteiger partial charge >= 0.3 is 7.12 Å². The maximum absolute atomic E-state index is 6.39. The maximum atomic E-state index is 6.39. The SMILES string of the molecule is CC1(C)CCC(C)(C)c2cc3c(cc21)c1ccccc1n3-c1cccc(B2OC(C)(C)C(C)(C)O2)c1. The molecular formula is C32H38BNO2. The number of rotatable bonds is 2. The molecule has 6 rings (SSSR count). The van der Waals surface area contributed by atoms with Crippen LogP contribution in [0, 0.1) is 0 Å². The molecule has 1 aliphatic heterocycles. The molecule has 2 heterocycles. The topological polar surface area (TPSA) is 23.4 Å². The summed E-state index contributed by atoms with van der Waals surface area (Å²) in [7, 11) is -0.379. The Hall–Kier alpha value is -2.56. The van der Waals surface area contributed by atoms with E-state index < -0.39 is 0 Å². The quantitative estimate of drug-likeness (QED) is 0.279. The molecule has 4 aromatic rings. The van der Waals surface area contributed by atoms with Gasteiger partial charge in [-0.25, -0.2) is 0 Å². The van der Waals surface area contributed by atoms with Crippen LogP contribution >= 0.6 is 0 Å². The minimum atomic E-state index is -0.379. The van der Waals surface area contributed by atoms with Crippen molar-refractivity contribution in [3.8, 4) is 5.69 Å². The van der Waals surface area contributed by atoms with Crippen LogP contribution in [0.15, 0.2) is 60.7 Å². The Kier molecular flexibility index (Phi) is 4.96. The standard InChI is InChI=1S/C32H38BNO2/c1-29(2)16-17-30(3,4)26-20-28-24(19-25(26)29)23-14-9-10-15-27(23)34(28)22-13-11-12-21(18-22)33-35-31(5,6)32(7,8)36-33/h9-15,18-20H,16-17H2,1-8H3. The van der Waals surface area contributed by atoms with Crippen LogP contribution in [0.25, 0.3) is 27.5 Å². The zero-order chi connectivity index (χ0) is 25.7. The van der Waals surface area contributed by atoms with E-state index in [0.29, 0.717) is 0 Å². The second-order valence-electron chi connectivity index (χ2n) is 13.2. The molecule has 1 saturated heterocycles. The van der Waals surface area contributed by atoms with E-state index in [1.54, 1.807) is 0 Å². The molecule has 0 bridgehead atoms.